The van der Waals surface area contributed by atoms with Gasteiger partial charge in [0.1, 0.15) is 6.33 Å². The van der Waals surface area contributed by atoms with E-state index in [2.05, 4.69) is 85.1 Å². The predicted molar refractivity (Wildman–Crippen MR) is 146 cm³/mol. The van der Waals surface area contributed by atoms with E-state index in [1.807, 2.05) is 30.6 Å². The minimum atomic E-state index is 0.666. The summed E-state index contributed by atoms with van der Waals surface area (Å²) in [6.07, 6.45) is 5.21. The minimum Gasteiger partial charge on any atom is -0.371 e. The lowest BCUT2D eigenvalue weighted by atomic mass is 10.1. The zero-order valence-electron chi connectivity index (χ0n) is 21.4. The Kier molecular flexibility index (Phi) is 6.25. The SMILES string of the molecule is CN(C)CCNCC1CCN(c2ccc3c(c2)Cn2cc(-c4ccc(C#N)cc4)cc2-c2nncn2-3)C1. The molecule has 2 aromatic heterocycles. The lowest BCUT2D eigenvalue weighted by molar-refractivity contribution is 0.390. The standard InChI is InChI=1S/C29H32N8/c1-34(2)12-10-31-16-22-9-11-35(17-22)26-7-8-27-25(13-26)19-36-18-24(23-5-3-21(15-30)4-6-23)14-28(36)29-33-32-20-37(27)29/h3-8,13-14,18,20,22,31H,9-12,16-17,19H2,1-2H3. The molecule has 2 aliphatic heterocycles. The summed E-state index contributed by atoms with van der Waals surface area (Å²) >= 11 is 0. The van der Waals surface area contributed by atoms with Crippen molar-refractivity contribution >= 4 is 5.69 Å². The number of rotatable bonds is 7. The summed E-state index contributed by atoms with van der Waals surface area (Å²) in [5.74, 6) is 1.52. The monoisotopic (exact) mass is 492 g/mol. The van der Waals surface area contributed by atoms with Gasteiger partial charge in [0.2, 0.25) is 0 Å². The van der Waals surface area contributed by atoms with Crippen molar-refractivity contribution in [3.8, 4) is 34.4 Å². The summed E-state index contributed by atoms with van der Waals surface area (Å²) in [6, 6.07) is 18.9. The Morgan fingerprint density at radius 3 is 2.78 bits per heavy atom. The Morgan fingerprint density at radius 2 is 1.97 bits per heavy atom. The van der Waals surface area contributed by atoms with Crippen LogP contribution in [0.2, 0.25) is 0 Å². The molecule has 8 nitrogen and oxygen atoms in total. The Hall–Kier alpha value is -3.93. The van der Waals surface area contributed by atoms with Crippen LogP contribution in [0.5, 0.6) is 0 Å². The van der Waals surface area contributed by atoms with Gasteiger partial charge in [0.25, 0.3) is 0 Å². The van der Waals surface area contributed by atoms with Crippen LogP contribution in [-0.4, -0.2) is 71.1 Å². The minimum absolute atomic E-state index is 0.666. The van der Waals surface area contributed by atoms with Crippen LogP contribution in [0.15, 0.2) is 61.1 Å². The number of hydrogen-bond acceptors (Lipinski definition) is 6. The van der Waals surface area contributed by atoms with Gasteiger partial charge in [-0.15, -0.1) is 10.2 Å². The second kappa shape index (κ2) is 9.85. The molecule has 4 aromatic rings. The van der Waals surface area contributed by atoms with Crippen molar-refractivity contribution in [3.63, 3.8) is 0 Å². The highest BCUT2D eigenvalue weighted by molar-refractivity contribution is 5.72. The molecule has 2 aromatic carbocycles. The Bertz CT molecular complexity index is 1440. The fraction of sp³-hybridized carbons (Fsp3) is 0.345. The van der Waals surface area contributed by atoms with Crippen LogP contribution in [0.1, 0.15) is 17.5 Å². The van der Waals surface area contributed by atoms with Crippen LogP contribution in [0.3, 0.4) is 0 Å². The first-order valence-electron chi connectivity index (χ1n) is 12.9. The fourth-order valence-corrected chi connectivity index (χ4v) is 5.47. The van der Waals surface area contributed by atoms with Gasteiger partial charge >= 0.3 is 0 Å². The first-order chi connectivity index (χ1) is 18.1. The summed E-state index contributed by atoms with van der Waals surface area (Å²) in [5.41, 5.74) is 7.57. The highest BCUT2D eigenvalue weighted by Crippen LogP contribution is 2.35. The maximum Gasteiger partial charge on any atom is 0.185 e. The first kappa shape index (κ1) is 23.5. The lowest BCUT2D eigenvalue weighted by Gasteiger charge is -2.21. The van der Waals surface area contributed by atoms with Crippen molar-refractivity contribution in [2.75, 3.05) is 51.7 Å². The quantitative estimate of drug-likeness (QED) is 0.350. The van der Waals surface area contributed by atoms with Gasteiger partial charge in [-0.1, -0.05) is 12.1 Å². The van der Waals surface area contributed by atoms with E-state index in [-0.39, 0.29) is 0 Å². The number of hydrogen-bond donors (Lipinski definition) is 1. The summed E-state index contributed by atoms with van der Waals surface area (Å²) in [6.45, 7) is 6.12. The fourth-order valence-electron chi connectivity index (χ4n) is 5.47. The van der Waals surface area contributed by atoms with E-state index in [4.69, 9.17) is 5.26 Å². The summed E-state index contributed by atoms with van der Waals surface area (Å²) in [7, 11) is 4.23. The molecule has 6 rings (SSSR count). The number of nitrogens with zero attached hydrogens (tertiary/aromatic N) is 7. The number of fused-ring (bicyclic) bond motifs is 5. The van der Waals surface area contributed by atoms with E-state index in [0.717, 1.165) is 67.6 Å². The molecule has 4 heterocycles. The highest BCUT2D eigenvalue weighted by Gasteiger charge is 2.25. The molecule has 0 amide bonds. The number of benzene rings is 2. The summed E-state index contributed by atoms with van der Waals surface area (Å²) in [4.78, 5) is 4.74. The van der Waals surface area contributed by atoms with Crippen molar-refractivity contribution in [2.24, 2.45) is 5.92 Å². The van der Waals surface area contributed by atoms with Gasteiger partial charge in [-0.2, -0.15) is 5.26 Å². The Labute approximate surface area is 217 Å². The number of anilines is 1. The van der Waals surface area contributed by atoms with Crippen molar-refractivity contribution in [2.45, 2.75) is 13.0 Å². The van der Waals surface area contributed by atoms with Gasteiger partial charge in [-0.3, -0.25) is 4.57 Å². The molecule has 188 valence electrons. The van der Waals surface area contributed by atoms with E-state index in [1.165, 1.54) is 17.7 Å². The molecule has 1 atom stereocenters. The normalized spacial score (nSPS) is 16.3. The van der Waals surface area contributed by atoms with Crippen molar-refractivity contribution in [1.29, 1.82) is 5.26 Å². The molecule has 0 aliphatic carbocycles. The molecule has 0 spiro atoms. The highest BCUT2D eigenvalue weighted by atomic mass is 15.3. The molecular weight excluding hydrogens is 460 g/mol. The average Bonchev–Trinajstić information content (AvgIpc) is 3.65. The topological polar surface area (TPSA) is 77.9 Å². The second-order valence-electron chi connectivity index (χ2n) is 10.4. The van der Waals surface area contributed by atoms with Gasteiger partial charge in [0.05, 0.1) is 23.0 Å². The van der Waals surface area contributed by atoms with Gasteiger partial charge in [0.15, 0.2) is 5.82 Å². The van der Waals surface area contributed by atoms with Gasteiger partial charge in [-0.05, 0) is 80.5 Å². The molecular formula is C29H32N8. The zero-order chi connectivity index (χ0) is 25.4. The lowest BCUT2D eigenvalue weighted by Crippen LogP contribution is -2.31. The van der Waals surface area contributed by atoms with Crippen LogP contribution in [-0.2, 0) is 6.54 Å². The van der Waals surface area contributed by atoms with Crippen molar-refractivity contribution in [1.82, 2.24) is 29.5 Å². The largest absolute Gasteiger partial charge is 0.371 e. The molecule has 1 N–H and O–H groups in total. The van der Waals surface area contributed by atoms with Crippen LogP contribution in [0, 0.1) is 17.2 Å². The number of nitrogens with one attached hydrogen (secondary N) is 1. The van der Waals surface area contributed by atoms with E-state index in [9.17, 15) is 0 Å². The van der Waals surface area contributed by atoms with Crippen molar-refractivity contribution < 1.29 is 0 Å². The number of likely N-dealkylation sites (N-methyl/N-ethyl adjacent to an activating group) is 1. The molecule has 8 heteroatoms. The molecule has 0 radical (unpaired) electrons. The van der Waals surface area contributed by atoms with Gasteiger partial charge in [0, 0.05) is 50.2 Å². The average molecular weight is 493 g/mol. The molecule has 1 unspecified atom stereocenters. The molecule has 37 heavy (non-hydrogen) atoms. The molecule has 1 saturated heterocycles. The summed E-state index contributed by atoms with van der Waals surface area (Å²) in [5, 5.41) is 21.5. The smallest absolute Gasteiger partial charge is 0.185 e. The van der Waals surface area contributed by atoms with Crippen LogP contribution in [0.25, 0.3) is 28.3 Å². The maximum absolute atomic E-state index is 9.14. The number of nitriles is 1. The van der Waals surface area contributed by atoms with Crippen LogP contribution in [0.4, 0.5) is 5.69 Å². The Morgan fingerprint density at radius 1 is 1.11 bits per heavy atom. The third kappa shape index (κ3) is 4.64. The van der Waals surface area contributed by atoms with E-state index in [0.29, 0.717) is 11.5 Å². The number of aromatic nitrogens is 4. The molecule has 0 bridgehead atoms. The predicted octanol–water partition coefficient (Wildman–Crippen LogP) is 3.61. The molecule has 2 aliphatic rings. The third-order valence-electron chi connectivity index (χ3n) is 7.50. The van der Waals surface area contributed by atoms with E-state index in [1.54, 1.807) is 0 Å². The first-order valence-corrected chi connectivity index (χ1v) is 12.9. The zero-order valence-corrected chi connectivity index (χ0v) is 21.4. The van der Waals surface area contributed by atoms with Crippen molar-refractivity contribution in [3.05, 3.63) is 72.2 Å². The maximum atomic E-state index is 9.14. The van der Waals surface area contributed by atoms with Crippen LogP contribution >= 0.6 is 0 Å². The molecule has 1 fully saturated rings. The molecule has 0 saturated carbocycles. The van der Waals surface area contributed by atoms with Gasteiger partial charge in [-0.25, -0.2) is 0 Å². The van der Waals surface area contributed by atoms with E-state index < -0.39 is 0 Å². The van der Waals surface area contributed by atoms with Gasteiger partial charge < -0.3 is 19.7 Å². The second-order valence-corrected chi connectivity index (χ2v) is 10.4. The summed E-state index contributed by atoms with van der Waals surface area (Å²) < 4.78 is 4.37. The van der Waals surface area contributed by atoms with E-state index >= 15 is 0 Å². The Balaban J connectivity index is 1.25. The third-order valence-corrected chi connectivity index (χ3v) is 7.50. The van der Waals surface area contributed by atoms with Crippen LogP contribution < -0.4 is 10.2 Å².